The number of hydrogen-bond acceptors (Lipinski definition) is 5. The summed E-state index contributed by atoms with van der Waals surface area (Å²) in [5.41, 5.74) is 8.53. The quantitative estimate of drug-likeness (QED) is 0.757. The van der Waals surface area contributed by atoms with E-state index in [1.807, 2.05) is 4.90 Å². The summed E-state index contributed by atoms with van der Waals surface area (Å²) in [6.45, 7) is 1.22. The number of rotatable bonds is 3. The Bertz CT molecular complexity index is 901. The van der Waals surface area contributed by atoms with Gasteiger partial charge in [-0.1, -0.05) is 11.6 Å². The smallest absolute Gasteiger partial charge is 0.387 e. The molecule has 4 heterocycles. The molecule has 10 heteroatoms. The first-order valence-corrected chi connectivity index (χ1v) is 10.7. The van der Waals surface area contributed by atoms with E-state index in [9.17, 15) is 13.6 Å². The molecule has 0 aromatic heterocycles. The molecule has 4 fully saturated rings. The Labute approximate surface area is 184 Å². The van der Waals surface area contributed by atoms with Crippen molar-refractivity contribution in [2.45, 2.75) is 31.9 Å². The largest absolute Gasteiger partial charge is 0.433 e. The number of nitrogens with zero attached hydrogens (tertiary/aromatic N) is 3. The van der Waals surface area contributed by atoms with Gasteiger partial charge in [0.25, 0.3) is 0 Å². The molecule has 168 valence electrons. The number of urea groups is 1. The van der Waals surface area contributed by atoms with Crippen molar-refractivity contribution in [3.05, 3.63) is 34.4 Å². The van der Waals surface area contributed by atoms with Crippen molar-refractivity contribution in [2.24, 2.45) is 10.7 Å². The summed E-state index contributed by atoms with van der Waals surface area (Å²) in [6.07, 6.45) is 2.41. The normalized spacial score (nSPS) is 26.8. The zero-order valence-corrected chi connectivity index (χ0v) is 17.8. The number of carbonyl (C=O) groups is 1. The van der Waals surface area contributed by atoms with Crippen molar-refractivity contribution >= 4 is 29.0 Å². The van der Waals surface area contributed by atoms with Crippen LogP contribution in [0, 0.1) is 0 Å². The highest BCUT2D eigenvalue weighted by atomic mass is 35.5. The van der Waals surface area contributed by atoms with Crippen LogP contribution in [0.5, 0.6) is 5.75 Å². The molecule has 4 saturated heterocycles. The van der Waals surface area contributed by atoms with Gasteiger partial charge in [-0.15, -0.1) is 0 Å². The zero-order chi connectivity index (χ0) is 22.0. The summed E-state index contributed by atoms with van der Waals surface area (Å²) in [6, 6.07) is 4.33. The first kappa shape index (κ1) is 22.0. The maximum atomic E-state index is 13.0. The third-order valence-corrected chi connectivity index (χ3v) is 6.29. The number of nitrogens with two attached hydrogens (primary N) is 1. The average molecular weight is 455 g/mol. The van der Waals surface area contributed by atoms with Crippen LogP contribution < -0.4 is 10.5 Å². The van der Waals surface area contributed by atoms with Gasteiger partial charge >= 0.3 is 12.6 Å². The van der Waals surface area contributed by atoms with Crippen LogP contribution in [0.25, 0.3) is 5.70 Å². The highest BCUT2D eigenvalue weighted by Crippen LogP contribution is 2.30. The fourth-order valence-electron chi connectivity index (χ4n) is 4.32. The van der Waals surface area contributed by atoms with Crippen molar-refractivity contribution in [2.75, 3.05) is 39.4 Å². The number of fused-ring (bicyclic) bond motifs is 4. The fourth-order valence-corrected chi connectivity index (χ4v) is 4.54. The van der Waals surface area contributed by atoms with Crippen molar-refractivity contribution in [3.8, 4) is 5.75 Å². The van der Waals surface area contributed by atoms with Gasteiger partial charge in [0.1, 0.15) is 5.75 Å². The topological polar surface area (TPSA) is 80.4 Å². The number of ether oxygens (including phenoxy) is 2. The first-order chi connectivity index (χ1) is 14.9. The van der Waals surface area contributed by atoms with Crippen molar-refractivity contribution in [3.63, 3.8) is 0 Å². The molecular formula is C21H25ClF2N4O3. The van der Waals surface area contributed by atoms with Gasteiger partial charge in [-0.3, -0.25) is 0 Å². The van der Waals surface area contributed by atoms with Crippen LogP contribution in [-0.4, -0.2) is 73.6 Å². The van der Waals surface area contributed by atoms with E-state index in [0.717, 1.165) is 32.5 Å². The molecule has 2 N–H and O–H groups in total. The predicted molar refractivity (Wildman–Crippen MR) is 114 cm³/mol. The standard InChI is InChI=1S/C21H25ClF2N4O3/c22-16-11-13(1-2-18(16)31-20(23)24)19(25)15-5-10-30-12-17(15)26-21(29)28-9-8-27-6-3-14(28)4-7-27/h1-2,11,14,20H,3-10,12,25H2. The number of carbonyl (C=O) groups excluding carboxylic acids is 1. The molecule has 1 aromatic rings. The molecule has 0 atom stereocenters. The van der Waals surface area contributed by atoms with Gasteiger partial charge in [0.05, 0.1) is 23.9 Å². The molecule has 0 saturated carbocycles. The van der Waals surface area contributed by atoms with Crippen LogP contribution in [0.1, 0.15) is 24.8 Å². The molecule has 0 radical (unpaired) electrons. The minimum Gasteiger partial charge on any atom is -0.433 e. The Balaban J connectivity index is 1.59. The highest BCUT2D eigenvalue weighted by Gasteiger charge is 2.32. The van der Waals surface area contributed by atoms with Crippen molar-refractivity contribution in [1.29, 1.82) is 0 Å². The van der Waals surface area contributed by atoms with Crippen LogP contribution in [0.15, 0.2) is 28.8 Å². The van der Waals surface area contributed by atoms with E-state index in [0.29, 0.717) is 42.1 Å². The van der Waals surface area contributed by atoms with Gasteiger partial charge in [0.2, 0.25) is 0 Å². The van der Waals surface area contributed by atoms with E-state index in [-0.39, 0.29) is 29.5 Å². The number of piperidine rings is 1. The minimum atomic E-state index is -2.97. The lowest BCUT2D eigenvalue weighted by molar-refractivity contribution is -0.0497. The minimum absolute atomic E-state index is 0.0262. The van der Waals surface area contributed by atoms with Crippen LogP contribution in [0.3, 0.4) is 0 Å². The number of amides is 2. The summed E-state index contributed by atoms with van der Waals surface area (Å²) >= 11 is 6.07. The molecule has 4 aliphatic rings. The summed E-state index contributed by atoms with van der Waals surface area (Å²) in [5.74, 6) is -0.124. The summed E-state index contributed by atoms with van der Waals surface area (Å²) < 4.78 is 34.9. The molecule has 4 aliphatic heterocycles. The monoisotopic (exact) mass is 454 g/mol. The van der Waals surface area contributed by atoms with Gasteiger partial charge in [-0.25, -0.2) is 4.79 Å². The third-order valence-electron chi connectivity index (χ3n) is 6.00. The lowest BCUT2D eigenvalue weighted by Crippen LogP contribution is -2.41. The van der Waals surface area contributed by atoms with E-state index in [2.05, 4.69) is 14.6 Å². The van der Waals surface area contributed by atoms with Gasteiger partial charge in [0.15, 0.2) is 0 Å². The maximum Gasteiger partial charge on any atom is 0.387 e. The molecule has 5 rings (SSSR count). The van der Waals surface area contributed by atoms with Gasteiger partial charge < -0.3 is 25.0 Å². The highest BCUT2D eigenvalue weighted by molar-refractivity contribution is 6.32. The van der Waals surface area contributed by atoms with Gasteiger partial charge in [0, 0.05) is 43.5 Å². The Morgan fingerprint density at radius 1 is 1.26 bits per heavy atom. The number of aliphatic imine (C=N–C) groups is 1. The van der Waals surface area contributed by atoms with E-state index in [1.54, 1.807) is 6.07 Å². The summed E-state index contributed by atoms with van der Waals surface area (Å²) in [5, 5.41) is 0.0262. The SMILES string of the molecule is NC(=C1CCOCC1=NC(=O)N1CCN2CCC1CC2)c1ccc(OC(F)F)c(Cl)c1. The molecule has 0 spiro atoms. The maximum absolute atomic E-state index is 13.0. The number of halogens is 3. The Morgan fingerprint density at radius 3 is 2.74 bits per heavy atom. The second-order valence-corrected chi connectivity index (χ2v) is 8.23. The number of benzene rings is 1. The van der Waals surface area contributed by atoms with Crippen LogP contribution in [0.4, 0.5) is 13.6 Å². The summed E-state index contributed by atoms with van der Waals surface area (Å²) in [7, 11) is 0. The van der Waals surface area contributed by atoms with E-state index in [1.165, 1.54) is 12.1 Å². The Hall–Kier alpha value is -2.23. The summed E-state index contributed by atoms with van der Waals surface area (Å²) in [4.78, 5) is 21.6. The number of alkyl halides is 2. The first-order valence-electron chi connectivity index (χ1n) is 10.3. The lowest BCUT2D eigenvalue weighted by atomic mass is 9.99. The molecule has 7 nitrogen and oxygen atoms in total. The van der Waals surface area contributed by atoms with Gasteiger partial charge in [-0.2, -0.15) is 13.8 Å². The third kappa shape index (κ3) is 4.99. The average Bonchev–Trinajstić information content (AvgIpc) is 3.09. The van der Waals surface area contributed by atoms with Gasteiger partial charge in [-0.05, 0) is 43.0 Å². The molecule has 0 aliphatic carbocycles. The molecule has 2 bridgehead atoms. The van der Waals surface area contributed by atoms with E-state index >= 15 is 0 Å². The van der Waals surface area contributed by atoms with Crippen LogP contribution in [-0.2, 0) is 4.74 Å². The van der Waals surface area contributed by atoms with Crippen molar-refractivity contribution < 1.29 is 23.0 Å². The molecular weight excluding hydrogens is 430 g/mol. The van der Waals surface area contributed by atoms with Crippen molar-refractivity contribution in [1.82, 2.24) is 9.80 Å². The van der Waals surface area contributed by atoms with E-state index < -0.39 is 6.61 Å². The molecule has 0 unspecified atom stereocenters. The second-order valence-electron chi connectivity index (χ2n) is 7.83. The Kier molecular flexibility index (Phi) is 6.74. The molecule has 31 heavy (non-hydrogen) atoms. The number of hydrogen-bond donors (Lipinski definition) is 1. The van der Waals surface area contributed by atoms with Crippen LogP contribution >= 0.6 is 11.6 Å². The van der Waals surface area contributed by atoms with E-state index in [4.69, 9.17) is 22.1 Å². The lowest BCUT2D eigenvalue weighted by Gasteiger charge is -2.30. The second kappa shape index (κ2) is 9.50. The fraction of sp³-hybridized carbons (Fsp3) is 0.524. The predicted octanol–water partition coefficient (Wildman–Crippen LogP) is 3.37. The molecule has 1 aromatic carbocycles. The Morgan fingerprint density at radius 2 is 2.03 bits per heavy atom. The molecule has 2 amide bonds. The van der Waals surface area contributed by atoms with Crippen LogP contribution in [0.2, 0.25) is 5.02 Å². The zero-order valence-electron chi connectivity index (χ0n) is 17.0.